The Labute approximate surface area is 169 Å². The van der Waals surface area contributed by atoms with E-state index < -0.39 is 0 Å². The number of fused-ring (bicyclic) bond motifs is 5. The molecule has 152 valence electrons. The third kappa shape index (κ3) is 3.28. The predicted molar refractivity (Wildman–Crippen MR) is 118 cm³/mol. The van der Waals surface area contributed by atoms with Gasteiger partial charge in [0.25, 0.3) is 0 Å². The van der Waals surface area contributed by atoms with Gasteiger partial charge in [-0.25, -0.2) is 0 Å². The molecule has 0 amide bonds. The lowest BCUT2D eigenvalue weighted by Crippen LogP contribution is -2.50. The highest BCUT2D eigenvalue weighted by Crippen LogP contribution is 2.67. The van der Waals surface area contributed by atoms with Crippen LogP contribution in [0.15, 0.2) is 23.3 Å². The Bertz CT molecular complexity index is 606. The van der Waals surface area contributed by atoms with Crippen molar-refractivity contribution in [2.75, 3.05) is 0 Å². The SMILES string of the molecule is CC(C)=CCC[C@@H](C)[C@H]1CC[C@H]2[C@@H]3CC=C4CCCC[C@]4(C)[C@H]3CC[C@]12C. The molecule has 0 aromatic rings. The molecule has 0 aromatic heterocycles. The van der Waals surface area contributed by atoms with E-state index in [1.165, 1.54) is 76.2 Å². The molecule has 4 aliphatic rings. The van der Waals surface area contributed by atoms with Crippen LogP contribution in [0.25, 0.3) is 0 Å². The van der Waals surface area contributed by atoms with Gasteiger partial charge in [-0.3, -0.25) is 0 Å². The molecule has 0 N–H and O–H groups in total. The van der Waals surface area contributed by atoms with E-state index in [1.54, 1.807) is 0 Å². The Morgan fingerprint density at radius 3 is 2.70 bits per heavy atom. The fourth-order valence-corrected chi connectivity index (χ4v) is 8.51. The van der Waals surface area contributed by atoms with E-state index in [0.29, 0.717) is 10.8 Å². The summed E-state index contributed by atoms with van der Waals surface area (Å²) in [6, 6.07) is 0. The quantitative estimate of drug-likeness (QED) is 0.437. The topological polar surface area (TPSA) is 0 Å². The summed E-state index contributed by atoms with van der Waals surface area (Å²) in [6.45, 7) is 12.4. The summed E-state index contributed by atoms with van der Waals surface area (Å²) in [7, 11) is 0. The molecule has 0 saturated heterocycles. The lowest BCUT2D eigenvalue weighted by Gasteiger charge is -2.58. The molecule has 7 atom stereocenters. The number of allylic oxidation sites excluding steroid dienone is 4. The second kappa shape index (κ2) is 7.38. The first-order valence-corrected chi connectivity index (χ1v) is 12.2. The van der Waals surface area contributed by atoms with Crippen LogP contribution in [0, 0.1) is 40.4 Å². The zero-order chi connectivity index (χ0) is 19.2. The van der Waals surface area contributed by atoms with E-state index in [4.69, 9.17) is 0 Å². The molecule has 4 aliphatic carbocycles. The van der Waals surface area contributed by atoms with Crippen LogP contribution < -0.4 is 0 Å². The van der Waals surface area contributed by atoms with Crippen molar-refractivity contribution in [3.8, 4) is 0 Å². The third-order valence-corrected chi connectivity index (χ3v) is 9.95. The fraction of sp³-hybridized carbons (Fsp3) is 0.852. The molecule has 0 spiro atoms. The van der Waals surface area contributed by atoms with Crippen LogP contribution in [0.2, 0.25) is 0 Å². The highest BCUT2D eigenvalue weighted by Gasteiger charge is 2.58. The molecular formula is C27H44. The highest BCUT2D eigenvalue weighted by atomic mass is 14.6. The average Bonchev–Trinajstić information content (AvgIpc) is 2.98. The summed E-state index contributed by atoms with van der Waals surface area (Å²) >= 11 is 0. The first-order valence-electron chi connectivity index (χ1n) is 12.2. The maximum atomic E-state index is 2.73. The zero-order valence-corrected chi connectivity index (χ0v) is 18.8. The Morgan fingerprint density at radius 2 is 1.93 bits per heavy atom. The van der Waals surface area contributed by atoms with Crippen LogP contribution in [0.3, 0.4) is 0 Å². The van der Waals surface area contributed by atoms with Crippen LogP contribution >= 0.6 is 0 Å². The van der Waals surface area contributed by atoms with Gasteiger partial charge in [0, 0.05) is 0 Å². The van der Waals surface area contributed by atoms with Gasteiger partial charge in [0.05, 0.1) is 0 Å². The van der Waals surface area contributed by atoms with Crippen LogP contribution in [0.4, 0.5) is 0 Å². The molecule has 3 fully saturated rings. The highest BCUT2D eigenvalue weighted by molar-refractivity contribution is 5.24. The maximum absolute atomic E-state index is 2.73. The molecular weight excluding hydrogens is 324 g/mol. The van der Waals surface area contributed by atoms with Gasteiger partial charge in [-0.15, -0.1) is 0 Å². The molecule has 0 aromatic carbocycles. The molecule has 27 heavy (non-hydrogen) atoms. The van der Waals surface area contributed by atoms with Gasteiger partial charge >= 0.3 is 0 Å². The predicted octanol–water partition coefficient (Wildman–Crippen LogP) is 8.34. The van der Waals surface area contributed by atoms with Crippen molar-refractivity contribution in [3.63, 3.8) is 0 Å². The molecule has 0 aliphatic heterocycles. The molecule has 0 nitrogen and oxygen atoms in total. The van der Waals surface area contributed by atoms with Crippen LogP contribution in [-0.4, -0.2) is 0 Å². The van der Waals surface area contributed by atoms with Gasteiger partial charge in [0.1, 0.15) is 0 Å². The molecule has 0 heterocycles. The normalized spacial score (nSPS) is 44.6. The first-order chi connectivity index (χ1) is 12.9. The van der Waals surface area contributed by atoms with Crippen molar-refractivity contribution in [3.05, 3.63) is 23.3 Å². The van der Waals surface area contributed by atoms with Gasteiger partial charge in [0.15, 0.2) is 0 Å². The Kier molecular flexibility index (Phi) is 5.41. The standard InChI is InChI=1S/C27H44/c1-19(2)9-8-10-20(3)23-14-15-24-22-13-12-21-11-6-7-17-26(21,4)25(22)16-18-27(23,24)5/h9,12,20,22-25H,6-8,10-11,13-18H2,1-5H3/t20-,22+,23-,24+,25+,26+,27-/m1/s1. The largest absolute Gasteiger partial charge is 0.0859 e. The van der Waals surface area contributed by atoms with Crippen LogP contribution in [-0.2, 0) is 0 Å². The van der Waals surface area contributed by atoms with Gasteiger partial charge in [-0.1, -0.05) is 50.5 Å². The lowest BCUT2D eigenvalue weighted by atomic mass is 9.47. The summed E-state index contributed by atoms with van der Waals surface area (Å²) in [5.74, 6) is 4.86. The van der Waals surface area contributed by atoms with Crippen molar-refractivity contribution in [1.82, 2.24) is 0 Å². The van der Waals surface area contributed by atoms with E-state index in [9.17, 15) is 0 Å². The Morgan fingerprint density at radius 1 is 1.11 bits per heavy atom. The van der Waals surface area contributed by atoms with Gasteiger partial charge in [-0.05, 0) is 118 Å². The number of hydrogen-bond donors (Lipinski definition) is 0. The first kappa shape index (κ1) is 19.8. The second-order valence-corrected chi connectivity index (χ2v) is 11.5. The fourth-order valence-electron chi connectivity index (χ4n) is 8.51. The van der Waals surface area contributed by atoms with E-state index in [1.807, 2.05) is 5.57 Å². The third-order valence-electron chi connectivity index (χ3n) is 9.95. The summed E-state index contributed by atoms with van der Waals surface area (Å²) in [5.41, 5.74) is 4.55. The van der Waals surface area contributed by atoms with Gasteiger partial charge < -0.3 is 0 Å². The minimum atomic E-state index is 0.565. The molecule has 0 unspecified atom stereocenters. The second-order valence-electron chi connectivity index (χ2n) is 11.5. The van der Waals surface area contributed by atoms with Gasteiger partial charge in [-0.2, -0.15) is 0 Å². The molecule has 0 heteroatoms. The molecule has 0 bridgehead atoms. The van der Waals surface area contributed by atoms with E-state index >= 15 is 0 Å². The Hall–Kier alpha value is -0.520. The van der Waals surface area contributed by atoms with Crippen molar-refractivity contribution < 1.29 is 0 Å². The minimum Gasteiger partial charge on any atom is -0.0859 e. The van der Waals surface area contributed by atoms with Gasteiger partial charge in [0.2, 0.25) is 0 Å². The smallest absolute Gasteiger partial charge is 0.00853 e. The number of rotatable bonds is 4. The summed E-state index contributed by atoms with van der Waals surface area (Å²) in [6.07, 6.45) is 21.2. The van der Waals surface area contributed by atoms with E-state index in [-0.39, 0.29) is 0 Å². The van der Waals surface area contributed by atoms with Crippen molar-refractivity contribution >= 4 is 0 Å². The summed E-state index contributed by atoms with van der Waals surface area (Å²) in [5, 5.41) is 0. The summed E-state index contributed by atoms with van der Waals surface area (Å²) in [4.78, 5) is 0. The minimum absolute atomic E-state index is 0.565. The van der Waals surface area contributed by atoms with Crippen molar-refractivity contribution in [1.29, 1.82) is 0 Å². The van der Waals surface area contributed by atoms with Crippen molar-refractivity contribution in [2.24, 2.45) is 40.4 Å². The van der Waals surface area contributed by atoms with Crippen molar-refractivity contribution in [2.45, 2.75) is 105 Å². The molecule has 3 saturated carbocycles. The maximum Gasteiger partial charge on any atom is -0.00853 e. The number of hydrogen-bond acceptors (Lipinski definition) is 0. The van der Waals surface area contributed by atoms with Crippen LogP contribution in [0.1, 0.15) is 105 Å². The van der Waals surface area contributed by atoms with Crippen LogP contribution in [0.5, 0.6) is 0 Å². The zero-order valence-electron chi connectivity index (χ0n) is 18.8. The average molecular weight is 369 g/mol. The Balaban J connectivity index is 1.51. The van der Waals surface area contributed by atoms with E-state index in [0.717, 1.165) is 29.6 Å². The lowest BCUT2D eigenvalue weighted by molar-refractivity contribution is -0.0498. The van der Waals surface area contributed by atoms with E-state index in [2.05, 4.69) is 46.8 Å². The molecule has 0 radical (unpaired) electrons. The molecule has 4 rings (SSSR count). The summed E-state index contributed by atoms with van der Waals surface area (Å²) < 4.78 is 0. The monoisotopic (exact) mass is 368 g/mol.